The van der Waals surface area contributed by atoms with Crippen LogP contribution in [0, 0.1) is 5.82 Å². The number of carbonyl (C=O) groups is 2. The van der Waals surface area contributed by atoms with E-state index in [1.807, 2.05) is 37.3 Å². The first-order valence-corrected chi connectivity index (χ1v) is 15.7. The number of halogens is 1. The van der Waals surface area contributed by atoms with E-state index in [4.69, 9.17) is 4.74 Å². The summed E-state index contributed by atoms with van der Waals surface area (Å²) in [7, 11) is 0. The van der Waals surface area contributed by atoms with E-state index in [-0.39, 0.29) is 23.8 Å². The molecule has 3 unspecified atom stereocenters. The van der Waals surface area contributed by atoms with Crippen LogP contribution in [0.15, 0.2) is 72.8 Å². The summed E-state index contributed by atoms with van der Waals surface area (Å²) in [5, 5.41) is 29.1. The zero-order chi connectivity index (χ0) is 31.8. The standard InChI is InChI=1S/C35H41FN4O5/c1-2-14-39-15-6-7-17-45-29-19-25(18-28(36)22-29)20-30(38-33(42)26-11-8-12-27(21-26)34(39)43)32(41)31-35(44)40(16-13-37-31)23-24-9-4-3-5-10-24/h3-5,8-12,18-19,21-22,30-32,37,41H,2,6-7,13-17,20,23H2,1H3,(H,38,42)/p+1. The molecule has 10 heteroatoms. The highest BCUT2D eigenvalue weighted by molar-refractivity contribution is 5.99. The van der Waals surface area contributed by atoms with Crippen molar-refractivity contribution in [3.8, 4) is 5.75 Å². The van der Waals surface area contributed by atoms with Gasteiger partial charge in [-0.25, -0.2) is 4.39 Å². The summed E-state index contributed by atoms with van der Waals surface area (Å²) in [4.78, 5) is 28.9. The monoisotopic (exact) mass is 617 g/mol. The first-order valence-electron chi connectivity index (χ1n) is 15.7. The van der Waals surface area contributed by atoms with E-state index >= 15 is 0 Å². The lowest BCUT2D eigenvalue weighted by Gasteiger charge is -2.31. The average molecular weight is 618 g/mol. The second-order valence-electron chi connectivity index (χ2n) is 11.7. The summed E-state index contributed by atoms with van der Waals surface area (Å²) >= 11 is 0. The van der Waals surface area contributed by atoms with Gasteiger partial charge in [-0.3, -0.25) is 14.9 Å². The Bertz CT molecular complexity index is 1510. The molecule has 0 saturated carbocycles. The van der Waals surface area contributed by atoms with Gasteiger partial charge in [0.05, 0.1) is 19.2 Å². The van der Waals surface area contributed by atoms with Crippen molar-refractivity contribution in [3.05, 3.63) is 101 Å². The van der Waals surface area contributed by atoms with Crippen LogP contribution < -0.4 is 15.4 Å². The average Bonchev–Trinajstić information content (AvgIpc) is 3.04. The van der Waals surface area contributed by atoms with Gasteiger partial charge in [-0.1, -0.05) is 43.3 Å². The quantitative estimate of drug-likeness (QED) is 0.314. The molecule has 0 saturated heterocycles. The minimum atomic E-state index is -1.29. The zero-order valence-electron chi connectivity index (χ0n) is 25.6. The highest BCUT2D eigenvalue weighted by Crippen LogP contribution is 2.21. The Morgan fingerprint density at radius 2 is 1.84 bits per heavy atom. The SMILES string of the molecule is CCCN1CCCCOc2cc(F)cc(c2)CC(C(O)C2NCC[N+](Cc3ccccc3)=C2O)NC(=O)c2cccc(c2)C1=O. The molecule has 3 aromatic carbocycles. The second kappa shape index (κ2) is 15.1. The zero-order valence-corrected chi connectivity index (χ0v) is 25.6. The van der Waals surface area contributed by atoms with E-state index in [9.17, 15) is 24.2 Å². The first kappa shape index (κ1) is 32.1. The van der Waals surface area contributed by atoms with Crippen LogP contribution in [0.5, 0.6) is 5.75 Å². The van der Waals surface area contributed by atoms with E-state index in [1.54, 1.807) is 39.8 Å². The molecule has 2 amide bonds. The number of rotatable bonds is 6. The van der Waals surface area contributed by atoms with Gasteiger partial charge in [-0.05, 0) is 61.6 Å². The molecule has 3 atom stereocenters. The van der Waals surface area contributed by atoms with Crippen molar-refractivity contribution >= 4 is 17.7 Å². The fourth-order valence-corrected chi connectivity index (χ4v) is 5.97. The molecule has 0 radical (unpaired) electrons. The molecule has 0 fully saturated rings. The van der Waals surface area contributed by atoms with E-state index in [0.29, 0.717) is 69.0 Å². The molecule has 2 heterocycles. The molecule has 4 bridgehead atoms. The van der Waals surface area contributed by atoms with Gasteiger partial charge in [-0.2, -0.15) is 4.58 Å². The lowest BCUT2D eigenvalue weighted by Crippen LogP contribution is -2.61. The molecule has 4 N–H and O–H groups in total. The number of fused-ring (bicyclic) bond motifs is 4. The number of ether oxygens (including phenoxy) is 1. The van der Waals surface area contributed by atoms with Crippen LogP contribution in [0.25, 0.3) is 0 Å². The predicted molar refractivity (Wildman–Crippen MR) is 169 cm³/mol. The van der Waals surface area contributed by atoms with Crippen molar-refractivity contribution in [1.82, 2.24) is 15.5 Å². The molecule has 2 aliphatic rings. The normalized spacial score (nSPS) is 20.6. The van der Waals surface area contributed by atoms with Crippen LogP contribution in [0.2, 0.25) is 0 Å². The molecule has 0 aliphatic carbocycles. The van der Waals surface area contributed by atoms with Crippen molar-refractivity contribution < 1.29 is 33.5 Å². The van der Waals surface area contributed by atoms with Crippen molar-refractivity contribution in [2.24, 2.45) is 0 Å². The third kappa shape index (κ3) is 8.26. The first-order chi connectivity index (χ1) is 21.8. The lowest BCUT2D eigenvalue weighted by atomic mass is 9.94. The van der Waals surface area contributed by atoms with Gasteiger partial charge >= 0.3 is 5.90 Å². The maximum absolute atomic E-state index is 14.8. The van der Waals surface area contributed by atoms with E-state index < -0.39 is 29.9 Å². The minimum absolute atomic E-state index is 0.0397. The van der Waals surface area contributed by atoms with Crippen LogP contribution in [0.1, 0.15) is 58.0 Å². The minimum Gasteiger partial charge on any atom is -0.493 e. The van der Waals surface area contributed by atoms with Crippen molar-refractivity contribution in [1.29, 1.82) is 0 Å². The third-order valence-corrected chi connectivity index (χ3v) is 8.26. The van der Waals surface area contributed by atoms with Gasteiger partial charge in [0.2, 0.25) is 0 Å². The van der Waals surface area contributed by atoms with E-state index in [0.717, 1.165) is 12.0 Å². The van der Waals surface area contributed by atoms with Gasteiger partial charge in [0, 0.05) is 35.8 Å². The Kier molecular flexibility index (Phi) is 10.8. The van der Waals surface area contributed by atoms with Crippen LogP contribution in [-0.2, 0) is 13.0 Å². The Morgan fingerprint density at radius 1 is 1.04 bits per heavy atom. The third-order valence-electron chi connectivity index (χ3n) is 8.26. The van der Waals surface area contributed by atoms with Gasteiger partial charge in [0.15, 0.2) is 19.1 Å². The molecule has 9 nitrogen and oxygen atoms in total. The summed E-state index contributed by atoms with van der Waals surface area (Å²) in [6.07, 6.45) is 0.942. The summed E-state index contributed by atoms with van der Waals surface area (Å²) in [6.45, 7) is 4.94. The molecule has 2 aliphatic heterocycles. The maximum Gasteiger partial charge on any atom is 0.354 e. The molecular weight excluding hydrogens is 575 g/mol. The fraction of sp³-hybridized carbons (Fsp3) is 0.400. The van der Waals surface area contributed by atoms with Gasteiger partial charge in [-0.15, -0.1) is 0 Å². The van der Waals surface area contributed by atoms with Crippen LogP contribution in [0.3, 0.4) is 0 Å². The number of benzene rings is 3. The summed E-state index contributed by atoms with van der Waals surface area (Å²) in [6, 6.07) is 18.8. The van der Waals surface area contributed by atoms with Crippen LogP contribution in [-0.4, -0.2) is 88.4 Å². The Hall–Kier alpha value is -4.28. The maximum atomic E-state index is 14.8. The van der Waals surface area contributed by atoms with Crippen molar-refractivity contribution in [3.63, 3.8) is 0 Å². The number of aliphatic hydroxyl groups excluding tert-OH is 2. The summed E-state index contributed by atoms with van der Waals surface area (Å²) < 4.78 is 22.4. The molecule has 45 heavy (non-hydrogen) atoms. The van der Waals surface area contributed by atoms with E-state index in [2.05, 4.69) is 10.6 Å². The largest absolute Gasteiger partial charge is 0.493 e. The number of amides is 2. The fourth-order valence-electron chi connectivity index (χ4n) is 5.97. The Balaban J connectivity index is 1.48. The number of nitrogens with one attached hydrogen (secondary N) is 2. The van der Waals surface area contributed by atoms with E-state index in [1.165, 1.54) is 12.1 Å². The second-order valence-corrected chi connectivity index (χ2v) is 11.7. The number of hydrogen-bond acceptors (Lipinski definition) is 5. The molecule has 3 aromatic rings. The molecular formula is C35H42FN4O5+. The highest BCUT2D eigenvalue weighted by atomic mass is 19.1. The van der Waals surface area contributed by atoms with Crippen LogP contribution >= 0.6 is 0 Å². The molecule has 238 valence electrons. The number of nitrogens with zero attached hydrogens (tertiary/aromatic N) is 2. The predicted octanol–water partition coefficient (Wildman–Crippen LogP) is 3.69. The summed E-state index contributed by atoms with van der Waals surface area (Å²) in [5.74, 6) is -0.842. The molecule has 0 aromatic heterocycles. The summed E-state index contributed by atoms with van der Waals surface area (Å²) in [5.41, 5.74) is 2.19. The van der Waals surface area contributed by atoms with Gasteiger partial charge < -0.3 is 25.2 Å². The van der Waals surface area contributed by atoms with Crippen LogP contribution in [0.4, 0.5) is 4.39 Å². The smallest absolute Gasteiger partial charge is 0.354 e. The number of carbonyl (C=O) groups excluding carboxylic acids is 2. The van der Waals surface area contributed by atoms with Crippen molar-refractivity contribution in [2.75, 3.05) is 32.8 Å². The highest BCUT2D eigenvalue weighted by Gasteiger charge is 2.40. The Labute approximate surface area is 263 Å². The van der Waals surface area contributed by atoms with Crippen molar-refractivity contribution in [2.45, 2.75) is 57.3 Å². The topological polar surface area (TPSA) is 114 Å². The lowest BCUT2D eigenvalue weighted by molar-refractivity contribution is -0.556. The molecule has 5 rings (SSSR count). The number of hydrogen-bond donors (Lipinski definition) is 4. The van der Waals surface area contributed by atoms with Gasteiger partial charge in [0.1, 0.15) is 17.7 Å². The molecule has 0 spiro atoms. The van der Waals surface area contributed by atoms with Gasteiger partial charge in [0.25, 0.3) is 11.8 Å². The number of aliphatic hydroxyl groups is 2. The Morgan fingerprint density at radius 3 is 2.64 bits per heavy atom.